The number of hydrogen-bond donors (Lipinski definition) is 1. The molecule has 0 spiro atoms. The highest BCUT2D eigenvalue weighted by Gasteiger charge is 2.20. The van der Waals surface area contributed by atoms with Gasteiger partial charge in [-0.05, 0) is 38.5 Å². The molecule has 0 saturated carbocycles. The molecular weight excluding hydrogens is 847 g/mol. The van der Waals surface area contributed by atoms with E-state index in [1.807, 2.05) is 0 Å². The van der Waals surface area contributed by atoms with Crippen LogP contribution in [0.2, 0.25) is 0 Å². The second-order valence-corrected chi connectivity index (χ2v) is 19.3. The highest BCUT2D eigenvalue weighted by molar-refractivity contribution is 9.12. The van der Waals surface area contributed by atoms with Crippen molar-refractivity contribution in [2.45, 2.75) is 213 Å². The summed E-state index contributed by atoms with van der Waals surface area (Å²) in [6, 6.07) is 0. The van der Waals surface area contributed by atoms with Crippen LogP contribution in [0.5, 0.6) is 0 Å². The molecule has 0 aliphatic rings. The standard InChI is InChI=1S/C36H71Br4O4P/c1-3-5-7-9-15-21-27-33(37)35(39)29-23-17-11-13-19-25-31-43-45(41,42)44-32-26-20-14-12-18-24-30-36(40)34(38)28-22-16-10-8-6-4-2/h33-36H,3-32H2,1-2H3,(H,41,42). The number of halogens is 4. The summed E-state index contributed by atoms with van der Waals surface area (Å²) in [5.41, 5.74) is 0. The van der Waals surface area contributed by atoms with Gasteiger partial charge in [-0.2, -0.15) is 0 Å². The van der Waals surface area contributed by atoms with E-state index in [0.717, 1.165) is 38.5 Å². The largest absolute Gasteiger partial charge is 0.472 e. The molecule has 0 aliphatic heterocycles. The molecule has 0 heterocycles. The normalized spacial score (nSPS) is 16.0. The molecule has 0 fully saturated rings. The highest BCUT2D eigenvalue weighted by atomic mass is 79.9. The number of alkyl halides is 4. The van der Waals surface area contributed by atoms with E-state index in [9.17, 15) is 9.46 Å². The predicted molar refractivity (Wildman–Crippen MR) is 213 cm³/mol. The molecule has 9 heteroatoms. The fraction of sp³-hybridized carbons (Fsp3) is 1.00. The van der Waals surface area contributed by atoms with Crippen molar-refractivity contribution in [3.63, 3.8) is 0 Å². The average Bonchev–Trinajstić information content (AvgIpc) is 3.02. The van der Waals surface area contributed by atoms with Crippen molar-refractivity contribution >= 4 is 71.5 Å². The SMILES string of the molecule is CCCCCCCCC(Br)C(Br)CCCCCCCCOP(=O)(O)OCCCCCCCCC(Br)C(Br)CCCCCCCC. The van der Waals surface area contributed by atoms with Crippen LogP contribution in [-0.4, -0.2) is 37.4 Å². The molecular formula is C36H71Br4O4P. The third kappa shape index (κ3) is 33.0. The van der Waals surface area contributed by atoms with Gasteiger partial charge in [0.15, 0.2) is 0 Å². The molecule has 0 rings (SSSR count). The fourth-order valence-corrected chi connectivity index (χ4v) is 8.80. The minimum atomic E-state index is -3.92. The molecule has 0 aliphatic carbocycles. The Kier molecular flexibility index (Phi) is 36.0. The lowest BCUT2D eigenvalue weighted by Crippen LogP contribution is -2.13. The zero-order chi connectivity index (χ0) is 33.4. The maximum atomic E-state index is 12.1. The minimum Gasteiger partial charge on any atom is -0.302 e. The van der Waals surface area contributed by atoms with Gasteiger partial charge in [0.2, 0.25) is 0 Å². The van der Waals surface area contributed by atoms with E-state index in [0.29, 0.717) is 32.5 Å². The molecule has 4 atom stereocenters. The molecule has 4 nitrogen and oxygen atoms in total. The van der Waals surface area contributed by atoms with Crippen LogP contribution in [0.15, 0.2) is 0 Å². The van der Waals surface area contributed by atoms with E-state index in [4.69, 9.17) is 9.05 Å². The Bertz CT molecular complexity index is 611. The Morgan fingerprint density at radius 2 is 0.644 bits per heavy atom. The van der Waals surface area contributed by atoms with E-state index < -0.39 is 7.82 Å². The quantitative estimate of drug-likeness (QED) is 0.0386. The van der Waals surface area contributed by atoms with Crippen LogP contribution in [-0.2, 0) is 13.6 Å². The summed E-state index contributed by atoms with van der Waals surface area (Å²) in [5.74, 6) is 0. The van der Waals surface area contributed by atoms with Crippen molar-refractivity contribution in [2.24, 2.45) is 0 Å². The first-order valence-electron chi connectivity index (χ1n) is 18.9. The summed E-state index contributed by atoms with van der Waals surface area (Å²) in [7, 11) is -3.92. The Morgan fingerprint density at radius 3 is 0.911 bits per heavy atom. The van der Waals surface area contributed by atoms with Crippen LogP contribution in [0.4, 0.5) is 0 Å². The molecule has 0 saturated heterocycles. The summed E-state index contributed by atoms with van der Waals surface area (Å²) in [4.78, 5) is 12.2. The predicted octanol–water partition coefficient (Wildman–Crippen LogP) is 15.1. The summed E-state index contributed by atoms with van der Waals surface area (Å²) >= 11 is 15.6. The second kappa shape index (κ2) is 34.5. The molecule has 272 valence electrons. The molecule has 0 aromatic carbocycles. The highest BCUT2D eigenvalue weighted by Crippen LogP contribution is 2.43. The Balaban J connectivity index is 3.55. The van der Waals surface area contributed by atoms with Crippen LogP contribution in [0.3, 0.4) is 0 Å². The first-order valence-corrected chi connectivity index (χ1v) is 24.1. The van der Waals surface area contributed by atoms with Gasteiger partial charge in [0, 0.05) is 19.3 Å². The Morgan fingerprint density at radius 1 is 0.422 bits per heavy atom. The molecule has 1 N–H and O–H groups in total. The van der Waals surface area contributed by atoms with Gasteiger partial charge in [-0.3, -0.25) is 9.05 Å². The zero-order valence-electron chi connectivity index (χ0n) is 29.2. The number of unbranched alkanes of at least 4 members (excludes halogenated alkanes) is 20. The van der Waals surface area contributed by atoms with E-state index in [2.05, 4.69) is 77.6 Å². The van der Waals surface area contributed by atoms with Crippen LogP contribution in [0.1, 0.15) is 194 Å². The van der Waals surface area contributed by atoms with Crippen LogP contribution in [0, 0.1) is 0 Å². The lowest BCUT2D eigenvalue weighted by Gasteiger charge is -2.16. The van der Waals surface area contributed by atoms with Gasteiger partial charge in [-0.25, -0.2) is 4.57 Å². The van der Waals surface area contributed by atoms with Crippen molar-refractivity contribution in [1.29, 1.82) is 0 Å². The van der Waals surface area contributed by atoms with Gasteiger partial charge >= 0.3 is 7.82 Å². The number of phosphoric ester groups is 1. The maximum Gasteiger partial charge on any atom is 0.472 e. The second-order valence-electron chi connectivity index (χ2n) is 13.1. The number of phosphoric acid groups is 1. The summed E-state index contributed by atoms with van der Waals surface area (Å²) in [6.07, 6.45) is 34.6. The summed E-state index contributed by atoms with van der Waals surface area (Å²) in [6.45, 7) is 5.13. The molecule has 0 amide bonds. The van der Waals surface area contributed by atoms with Crippen LogP contribution >= 0.6 is 71.5 Å². The van der Waals surface area contributed by atoms with Crippen molar-refractivity contribution < 1.29 is 18.5 Å². The van der Waals surface area contributed by atoms with Gasteiger partial charge in [0.1, 0.15) is 0 Å². The Hall–Kier alpha value is 2.03. The first kappa shape index (κ1) is 47.0. The molecule has 45 heavy (non-hydrogen) atoms. The van der Waals surface area contributed by atoms with Crippen molar-refractivity contribution in [1.82, 2.24) is 0 Å². The topological polar surface area (TPSA) is 55.8 Å². The molecule has 0 bridgehead atoms. The summed E-state index contributed by atoms with van der Waals surface area (Å²) in [5, 5.41) is 0. The minimum absolute atomic E-state index is 0.295. The van der Waals surface area contributed by atoms with Crippen LogP contribution < -0.4 is 0 Å². The van der Waals surface area contributed by atoms with Crippen LogP contribution in [0.25, 0.3) is 0 Å². The van der Waals surface area contributed by atoms with Crippen molar-refractivity contribution in [3.05, 3.63) is 0 Å². The van der Waals surface area contributed by atoms with Gasteiger partial charge < -0.3 is 4.89 Å². The zero-order valence-corrected chi connectivity index (χ0v) is 36.4. The van der Waals surface area contributed by atoms with Gasteiger partial charge in [0.05, 0.1) is 13.2 Å². The molecule has 0 aromatic heterocycles. The van der Waals surface area contributed by atoms with E-state index >= 15 is 0 Å². The van der Waals surface area contributed by atoms with Crippen molar-refractivity contribution in [3.8, 4) is 0 Å². The van der Waals surface area contributed by atoms with Gasteiger partial charge in [-0.15, -0.1) is 0 Å². The summed E-state index contributed by atoms with van der Waals surface area (Å²) < 4.78 is 22.5. The third-order valence-electron chi connectivity index (χ3n) is 8.71. The molecule has 0 aromatic rings. The maximum absolute atomic E-state index is 12.1. The third-order valence-corrected chi connectivity index (χ3v) is 15.5. The molecule has 0 radical (unpaired) electrons. The lowest BCUT2D eigenvalue weighted by atomic mass is 10.0. The average molecular weight is 919 g/mol. The smallest absolute Gasteiger partial charge is 0.302 e. The van der Waals surface area contributed by atoms with Gasteiger partial charge in [0.25, 0.3) is 0 Å². The number of hydrogen-bond acceptors (Lipinski definition) is 3. The van der Waals surface area contributed by atoms with Gasteiger partial charge in [-0.1, -0.05) is 219 Å². The van der Waals surface area contributed by atoms with E-state index in [1.54, 1.807) is 0 Å². The Labute approximate surface area is 314 Å². The lowest BCUT2D eigenvalue weighted by molar-refractivity contribution is 0.145. The monoisotopic (exact) mass is 914 g/mol. The van der Waals surface area contributed by atoms with E-state index in [1.165, 1.54) is 141 Å². The molecule has 4 unspecified atom stereocenters. The first-order chi connectivity index (χ1) is 21.7. The van der Waals surface area contributed by atoms with E-state index in [-0.39, 0.29) is 0 Å². The van der Waals surface area contributed by atoms with Crippen molar-refractivity contribution in [2.75, 3.05) is 13.2 Å². The number of rotatable bonds is 36. The fourth-order valence-electron chi connectivity index (χ4n) is 5.66.